The molecule has 1 heterocycles. The van der Waals surface area contributed by atoms with Crippen molar-refractivity contribution in [2.45, 2.75) is 59.0 Å². The number of imidazole rings is 1. The molecule has 0 saturated carbocycles. The van der Waals surface area contributed by atoms with E-state index in [1.807, 2.05) is 41.1 Å². The third-order valence-electron chi connectivity index (χ3n) is 6.04. The van der Waals surface area contributed by atoms with Gasteiger partial charge in [0.05, 0.1) is 12.1 Å². The van der Waals surface area contributed by atoms with Crippen LogP contribution in [0.5, 0.6) is 0 Å². The zero-order valence-electron chi connectivity index (χ0n) is 19.4. The molecule has 6 heteroatoms. The van der Waals surface area contributed by atoms with Crippen molar-refractivity contribution in [1.82, 2.24) is 9.13 Å². The van der Waals surface area contributed by atoms with Crippen molar-refractivity contribution in [3.63, 3.8) is 0 Å². The minimum absolute atomic E-state index is 0.0122. The second-order valence-corrected chi connectivity index (χ2v) is 8.63. The van der Waals surface area contributed by atoms with Crippen LogP contribution < -0.4 is 5.69 Å². The van der Waals surface area contributed by atoms with Crippen molar-refractivity contribution in [3.8, 4) is 11.1 Å². The molecule has 0 aliphatic rings. The molecule has 0 fully saturated rings. The zero-order valence-corrected chi connectivity index (χ0v) is 19.4. The van der Waals surface area contributed by atoms with Gasteiger partial charge in [-0.15, -0.1) is 0 Å². The molecule has 0 radical (unpaired) electrons. The van der Waals surface area contributed by atoms with Gasteiger partial charge in [-0.3, -0.25) is 9.13 Å². The average molecular weight is 449 g/mol. The van der Waals surface area contributed by atoms with Crippen LogP contribution in [0.1, 0.15) is 61.1 Å². The van der Waals surface area contributed by atoms with Crippen molar-refractivity contribution in [1.29, 1.82) is 0 Å². The molecule has 0 bridgehead atoms. The summed E-state index contributed by atoms with van der Waals surface area (Å²) >= 11 is 0. The number of carboxylic acid groups (broad SMARTS) is 1. The van der Waals surface area contributed by atoms with Crippen LogP contribution in [0.3, 0.4) is 0 Å². The number of hydrogen-bond acceptors (Lipinski definition) is 3. The lowest BCUT2D eigenvalue weighted by Gasteiger charge is -2.11. The summed E-state index contributed by atoms with van der Waals surface area (Å²) in [7, 11) is 0. The van der Waals surface area contributed by atoms with E-state index < -0.39 is 5.97 Å². The summed E-state index contributed by atoms with van der Waals surface area (Å²) < 4.78 is 3.62. The van der Waals surface area contributed by atoms with Crippen LogP contribution in [-0.2, 0) is 24.3 Å². The van der Waals surface area contributed by atoms with Crippen LogP contribution in [-0.4, -0.2) is 26.5 Å². The molecule has 3 rings (SSSR count). The highest BCUT2D eigenvalue weighted by atomic mass is 16.4. The summed E-state index contributed by atoms with van der Waals surface area (Å²) in [5.74, 6) is -0.679. The molecule has 0 aliphatic carbocycles. The van der Waals surface area contributed by atoms with Gasteiger partial charge in [0.25, 0.3) is 0 Å². The minimum atomic E-state index is -0.955. The van der Waals surface area contributed by atoms with E-state index in [1.54, 1.807) is 22.8 Å². The predicted octanol–water partition coefficient (Wildman–Crippen LogP) is 5.02. The molecule has 0 saturated heterocycles. The number of aromatic nitrogens is 2. The number of hydrogen-bond donors (Lipinski definition) is 1. The summed E-state index contributed by atoms with van der Waals surface area (Å²) in [6.07, 6.45) is 7.00. The van der Waals surface area contributed by atoms with Gasteiger partial charge < -0.3 is 9.90 Å². The van der Waals surface area contributed by atoms with Gasteiger partial charge in [0, 0.05) is 24.9 Å². The van der Waals surface area contributed by atoms with Crippen LogP contribution in [0.4, 0.5) is 0 Å². The van der Waals surface area contributed by atoms with E-state index in [-0.39, 0.29) is 17.2 Å². The van der Waals surface area contributed by atoms with Gasteiger partial charge in [0.2, 0.25) is 0 Å². The Morgan fingerprint density at radius 3 is 2.52 bits per heavy atom. The first-order valence-corrected chi connectivity index (χ1v) is 11.6. The van der Waals surface area contributed by atoms with Crippen molar-refractivity contribution in [2.24, 2.45) is 5.92 Å². The fourth-order valence-corrected chi connectivity index (χ4v) is 4.01. The summed E-state index contributed by atoms with van der Waals surface area (Å²) in [6, 6.07) is 14.6. The monoisotopic (exact) mass is 448 g/mol. The number of aromatic carboxylic acids is 1. The van der Waals surface area contributed by atoms with Gasteiger partial charge in [0.15, 0.2) is 0 Å². The van der Waals surface area contributed by atoms with E-state index in [0.717, 1.165) is 48.8 Å². The number of aldehydes is 1. The molecule has 174 valence electrons. The maximum absolute atomic E-state index is 13.1. The number of carbonyl (C=O) groups excluding carboxylic acids is 1. The van der Waals surface area contributed by atoms with Gasteiger partial charge in [0.1, 0.15) is 6.29 Å². The van der Waals surface area contributed by atoms with Crippen molar-refractivity contribution in [3.05, 3.63) is 82.0 Å². The molecule has 1 N–H and O–H groups in total. The Kier molecular flexibility index (Phi) is 8.41. The molecule has 6 nitrogen and oxygen atoms in total. The topological polar surface area (TPSA) is 81.3 Å². The van der Waals surface area contributed by atoms with E-state index in [1.165, 1.54) is 0 Å². The summed E-state index contributed by atoms with van der Waals surface area (Å²) in [5, 5.41) is 9.46. The largest absolute Gasteiger partial charge is 0.478 e. The summed E-state index contributed by atoms with van der Waals surface area (Å²) in [6.45, 7) is 5.31. The van der Waals surface area contributed by atoms with E-state index >= 15 is 0 Å². The number of nitrogens with zero attached hydrogens (tertiary/aromatic N) is 2. The first-order chi connectivity index (χ1) is 15.9. The van der Waals surface area contributed by atoms with Gasteiger partial charge in [-0.1, -0.05) is 62.7 Å². The van der Waals surface area contributed by atoms with Gasteiger partial charge in [-0.2, -0.15) is 0 Å². The number of rotatable bonds is 12. The Balaban J connectivity index is 1.85. The lowest BCUT2D eigenvalue weighted by Crippen LogP contribution is -2.25. The maximum atomic E-state index is 13.1. The zero-order chi connectivity index (χ0) is 23.8. The molecule has 2 aromatic carbocycles. The molecular formula is C27H32N2O4. The molecule has 1 aromatic heterocycles. The smallest absolute Gasteiger partial charge is 0.336 e. The van der Waals surface area contributed by atoms with E-state index in [2.05, 4.69) is 13.8 Å². The standard InChI is InChI=1S/C27H32N2O4/c1-3-4-16-28-19-23(14-9-20(2)15-17-30)29(27(28)33)18-21-10-12-22(13-11-21)24-7-5-6-8-25(24)26(31)32/h5-8,10-13,17,19-20H,3-4,9,14-16,18H2,1-2H3,(H,31,32). The normalized spacial score (nSPS) is 11.9. The Labute approximate surface area is 194 Å². The van der Waals surface area contributed by atoms with Crippen molar-refractivity contribution >= 4 is 12.3 Å². The number of unbranched alkanes of at least 4 members (excludes halogenated alkanes) is 1. The summed E-state index contributed by atoms with van der Waals surface area (Å²) in [5.41, 5.74) is 3.71. The maximum Gasteiger partial charge on any atom is 0.336 e. The number of carboxylic acids is 1. The molecule has 0 amide bonds. The average Bonchev–Trinajstić information content (AvgIpc) is 3.11. The Hall–Kier alpha value is -3.41. The first-order valence-electron chi connectivity index (χ1n) is 11.6. The molecule has 33 heavy (non-hydrogen) atoms. The second kappa shape index (κ2) is 11.5. The SMILES string of the molecule is CCCCn1cc(CCC(C)CC=O)n(Cc2ccc(-c3ccccc3C(=O)O)cc2)c1=O. The van der Waals surface area contributed by atoms with Crippen LogP contribution in [0.25, 0.3) is 11.1 Å². The highest BCUT2D eigenvalue weighted by molar-refractivity contribution is 5.95. The summed E-state index contributed by atoms with van der Waals surface area (Å²) in [4.78, 5) is 35.4. The number of carbonyl (C=O) groups is 2. The Morgan fingerprint density at radius 2 is 1.85 bits per heavy atom. The van der Waals surface area contributed by atoms with Crippen LogP contribution in [0.15, 0.2) is 59.5 Å². The lowest BCUT2D eigenvalue weighted by molar-refractivity contribution is -0.108. The fraction of sp³-hybridized carbons (Fsp3) is 0.370. The van der Waals surface area contributed by atoms with Gasteiger partial charge >= 0.3 is 11.7 Å². The highest BCUT2D eigenvalue weighted by Gasteiger charge is 2.14. The molecule has 1 unspecified atom stereocenters. The molecule has 1 atom stereocenters. The third kappa shape index (κ3) is 6.09. The van der Waals surface area contributed by atoms with Crippen LogP contribution in [0.2, 0.25) is 0 Å². The quantitative estimate of drug-likeness (QED) is 0.395. The van der Waals surface area contributed by atoms with Crippen LogP contribution in [0, 0.1) is 5.92 Å². The molecule has 0 aliphatic heterocycles. The van der Waals surface area contributed by atoms with E-state index in [0.29, 0.717) is 25.1 Å². The van der Waals surface area contributed by atoms with Gasteiger partial charge in [-0.05, 0) is 47.9 Å². The van der Waals surface area contributed by atoms with E-state index in [9.17, 15) is 19.5 Å². The molecular weight excluding hydrogens is 416 g/mol. The fourth-order valence-electron chi connectivity index (χ4n) is 4.01. The van der Waals surface area contributed by atoms with Crippen molar-refractivity contribution in [2.75, 3.05) is 0 Å². The van der Waals surface area contributed by atoms with E-state index in [4.69, 9.17) is 0 Å². The Bertz CT molecular complexity index is 1140. The second-order valence-electron chi connectivity index (χ2n) is 8.63. The van der Waals surface area contributed by atoms with Gasteiger partial charge in [-0.25, -0.2) is 9.59 Å². The highest BCUT2D eigenvalue weighted by Crippen LogP contribution is 2.24. The molecule has 0 spiro atoms. The lowest BCUT2D eigenvalue weighted by atomic mass is 9.98. The number of aryl methyl sites for hydroxylation is 2. The molecule has 3 aromatic rings. The first kappa shape index (κ1) is 24.2. The predicted molar refractivity (Wildman–Crippen MR) is 130 cm³/mol. The third-order valence-corrected chi connectivity index (χ3v) is 6.04. The van der Waals surface area contributed by atoms with Crippen LogP contribution >= 0.6 is 0 Å². The van der Waals surface area contributed by atoms with Crippen molar-refractivity contribution < 1.29 is 14.7 Å². The number of benzene rings is 2. The Morgan fingerprint density at radius 1 is 1.12 bits per heavy atom. The minimum Gasteiger partial charge on any atom is -0.478 e.